The fraction of sp³-hybridized carbons (Fsp3) is 0.292. The van der Waals surface area contributed by atoms with Gasteiger partial charge in [-0.05, 0) is 0 Å². The van der Waals surface area contributed by atoms with E-state index < -0.39 is 37.5 Å². The van der Waals surface area contributed by atoms with Crippen LogP contribution >= 0.6 is 31.8 Å². The summed E-state index contributed by atoms with van der Waals surface area (Å²) in [5, 5.41) is 6.93. The molecule has 0 amide bonds. The Morgan fingerprint density at radius 3 is 2.81 bits per heavy atom. The normalized spacial score (nSPS) is 23.7. The van der Waals surface area contributed by atoms with Crippen molar-refractivity contribution in [1.82, 2.24) is 14.9 Å². The number of piperidine rings is 1. The van der Waals surface area contributed by atoms with Crippen molar-refractivity contribution in [2.75, 3.05) is 26.2 Å². The Morgan fingerprint density at radius 1 is 1.25 bits per heavy atom. The Kier molecular flexibility index (Phi) is 8.34. The van der Waals surface area contributed by atoms with Crippen LogP contribution in [0.5, 0.6) is 0 Å². The molecule has 4 heterocycles. The van der Waals surface area contributed by atoms with Gasteiger partial charge < -0.3 is 0 Å². The molecule has 1 atom stereocenters. The topological polar surface area (TPSA) is 73.8 Å². The first-order chi connectivity index (χ1) is 17.3. The molecule has 0 spiro atoms. The molecule has 1 fully saturated rings. The van der Waals surface area contributed by atoms with E-state index in [0.717, 1.165) is 41.7 Å². The standard InChI is InChI=1S/C24H24BrF2I2N4O2S/c25-22-14-32-28-29-23(22)7-18(8-24(29)31-13-16-3-1-5-30-12-16)17-4-2-6-33(15-17)36(34,35)21-10-19(26)9-20(27)11-21/h1,3,5,7-11,14,17,30-31H,2,4,6,12-13,15H2/q-1. The van der Waals surface area contributed by atoms with Gasteiger partial charge in [0, 0.05) is 0 Å². The van der Waals surface area contributed by atoms with E-state index in [2.05, 4.69) is 48.0 Å². The van der Waals surface area contributed by atoms with Gasteiger partial charge in [-0.1, -0.05) is 0 Å². The molecule has 2 N–H and O–H groups in total. The summed E-state index contributed by atoms with van der Waals surface area (Å²) < 4.78 is 63.7. The van der Waals surface area contributed by atoms with E-state index in [-0.39, 0.29) is 34.9 Å². The summed E-state index contributed by atoms with van der Waals surface area (Å²) in [5.41, 5.74) is 2.37. The van der Waals surface area contributed by atoms with Crippen LogP contribution in [-0.2, 0) is 10.0 Å². The maximum absolute atomic E-state index is 13.8. The molecule has 194 valence electrons. The van der Waals surface area contributed by atoms with Crippen molar-refractivity contribution in [1.29, 1.82) is 0 Å². The van der Waals surface area contributed by atoms with Gasteiger partial charge in [0.05, 0.1) is 0 Å². The van der Waals surface area contributed by atoms with Crippen LogP contribution in [0.1, 0.15) is 12.8 Å². The predicted molar refractivity (Wildman–Crippen MR) is 146 cm³/mol. The van der Waals surface area contributed by atoms with Gasteiger partial charge >= 0.3 is 234 Å². The van der Waals surface area contributed by atoms with Crippen LogP contribution in [0.3, 0.4) is 0 Å². The number of rotatable bonds is 6. The molecule has 36 heavy (non-hydrogen) atoms. The number of dihydropyridines is 1. The monoisotopic (exact) mass is 803 g/mol. The summed E-state index contributed by atoms with van der Waals surface area (Å²) in [5.74, 6) is -1.81. The average molecular weight is 804 g/mol. The van der Waals surface area contributed by atoms with E-state index in [9.17, 15) is 17.2 Å². The van der Waals surface area contributed by atoms with Crippen molar-refractivity contribution in [2.45, 2.75) is 17.7 Å². The first-order valence-corrected chi connectivity index (χ1v) is 22.9. The van der Waals surface area contributed by atoms with Crippen LogP contribution in [0.25, 0.3) is 0 Å². The first kappa shape index (κ1) is 26.5. The third kappa shape index (κ3) is 5.81. The van der Waals surface area contributed by atoms with Gasteiger partial charge in [0.15, 0.2) is 0 Å². The third-order valence-corrected chi connectivity index (χ3v) is 23.6. The minimum absolute atomic E-state index is 0.00915. The van der Waals surface area contributed by atoms with Crippen LogP contribution < -0.4 is 28.1 Å². The van der Waals surface area contributed by atoms with Gasteiger partial charge in [-0.3, -0.25) is 0 Å². The average Bonchev–Trinajstić information content (AvgIpc) is 2.88. The molecule has 12 heteroatoms. The second-order valence-electron chi connectivity index (χ2n) is 8.59. The Labute approximate surface area is 232 Å². The van der Waals surface area contributed by atoms with E-state index in [0.29, 0.717) is 19.0 Å². The maximum atomic E-state index is 13.8. The van der Waals surface area contributed by atoms with Crippen molar-refractivity contribution < 1.29 is 34.7 Å². The van der Waals surface area contributed by atoms with E-state index in [1.54, 1.807) is 0 Å². The molecule has 5 rings (SSSR count). The molecule has 0 saturated carbocycles. The molecular weight excluding hydrogens is 780 g/mol. The summed E-state index contributed by atoms with van der Waals surface area (Å²) in [6, 6.07) is 2.46. The number of halogens is 5. The summed E-state index contributed by atoms with van der Waals surface area (Å²) in [6.07, 6.45) is 13.9. The van der Waals surface area contributed by atoms with Gasteiger partial charge in [0.1, 0.15) is 0 Å². The molecular formula is C24H24BrF2I2N4O2S-. The van der Waals surface area contributed by atoms with Gasteiger partial charge in [-0.15, -0.1) is 0 Å². The van der Waals surface area contributed by atoms with Crippen molar-refractivity contribution >= 4 is 48.0 Å². The molecule has 1 aromatic rings. The molecule has 4 aliphatic rings. The number of nitrogens with one attached hydrogen (secondary N) is 2. The molecule has 6 nitrogen and oxygen atoms in total. The van der Waals surface area contributed by atoms with Crippen molar-refractivity contribution in [3.63, 3.8) is 0 Å². The number of nitrogens with zero attached hydrogens (tertiary/aromatic N) is 2. The molecule has 0 radical (unpaired) electrons. The quantitative estimate of drug-likeness (QED) is 0.341. The molecule has 1 unspecified atom stereocenters. The molecule has 0 aliphatic carbocycles. The Bertz CT molecular complexity index is 1340. The third-order valence-electron chi connectivity index (χ3n) is 6.12. The van der Waals surface area contributed by atoms with Crippen LogP contribution in [0.2, 0.25) is 0 Å². The molecule has 4 aliphatic heterocycles. The van der Waals surface area contributed by atoms with Gasteiger partial charge in [0.2, 0.25) is 0 Å². The summed E-state index contributed by atoms with van der Waals surface area (Å²) in [4.78, 5) is -0.341. The van der Waals surface area contributed by atoms with Crippen molar-refractivity contribution in [3.8, 4) is 0 Å². The summed E-state index contributed by atoms with van der Waals surface area (Å²) >= 11 is 1.74. The number of hydrogen-bond donors (Lipinski definition) is 2. The Morgan fingerprint density at radius 2 is 2.06 bits per heavy atom. The van der Waals surface area contributed by atoms with Crippen LogP contribution in [0, 0.1) is 17.6 Å². The van der Waals surface area contributed by atoms with Gasteiger partial charge in [0.25, 0.3) is 0 Å². The second-order valence-corrected chi connectivity index (χ2v) is 23.9. The number of allylic oxidation sites excluding steroid dienone is 6. The summed E-state index contributed by atoms with van der Waals surface area (Å²) in [7, 11) is -4.01. The van der Waals surface area contributed by atoms with Gasteiger partial charge in [-0.25, -0.2) is 0 Å². The van der Waals surface area contributed by atoms with E-state index in [1.165, 1.54) is 17.2 Å². The zero-order chi connectivity index (χ0) is 25.3. The molecule has 0 aromatic heterocycles. The zero-order valence-corrected chi connectivity index (χ0v) is 25.7. The van der Waals surface area contributed by atoms with E-state index >= 15 is 0 Å². The van der Waals surface area contributed by atoms with E-state index in [4.69, 9.17) is 0 Å². The SMILES string of the molecule is O=S(=O)(c1cc(F)cc(F)c1)N1CCCC(C2=CC3=C(Br)C=N[I-]I3C(NCC3=CC=CNC3)=C2)C1. The van der Waals surface area contributed by atoms with Crippen LogP contribution in [0.15, 0.2) is 79.7 Å². The van der Waals surface area contributed by atoms with Gasteiger partial charge in [-0.2, -0.15) is 0 Å². The van der Waals surface area contributed by atoms with Crippen molar-refractivity contribution in [2.24, 2.45) is 9.12 Å². The predicted octanol–water partition coefficient (Wildman–Crippen LogP) is 1.90. The zero-order valence-electron chi connectivity index (χ0n) is 19.0. The number of hydrogen-bond acceptors (Lipinski definition) is 5. The molecule has 1 aromatic carbocycles. The van der Waals surface area contributed by atoms with Crippen LogP contribution in [0.4, 0.5) is 8.78 Å². The second kappa shape index (κ2) is 11.3. The fourth-order valence-electron chi connectivity index (χ4n) is 4.34. The van der Waals surface area contributed by atoms with Crippen LogP contribution in [-0.4, -0.2) is 45.1 Å². The Hall–Kier alpha value is -1.10. The molecule has 1 saturated heterocycles. The number of fused-ring (bicyclic) bond motifs is 1. The van der Waals surface area contributed by atoms with E-state index in [1.807, 2.05) is 18.5 Å². The first-order valence-electron chi connectivity index (χ1n) is 11.3. The fourth-order valence-corrected chi connectivity index (χ4v) is 22.2. The summed E-state index contributed by atoms with van der Waals surface area (Å²) in [6.45, 7) is 2.16. The van der Waals surface area contributed by atoms with Crippen molar-refractivity contribution in [3.05, 3.63) is 83.2 Å². The molecule has 0 bridgehead atoms. The number of sulfonamides is 1. The number of benzene rings is 1. The minimum atomic E-state index is -4.01. The Balaban J connectivity index is 1.41.